The maximum Gasteiger partial charge on any atom is 0.204 e. The third-order valence-electron chi connectivity index (χ3n) is 4.87. The molecule has 2 aromatic rings. The van der Waals surface area contributed by atoms with Gasteiger partial charge in [-0.25, -0.2) is 0 Å². The van der Waals surface area contributed by atoms with Gasteiger partial charge in [0.25, 0.3) is 0 Å². The molecule has 26 heavy (non-hydrogen) atoms. The Bertz CT molecular complexity index is 659. The highest BCUT2D eigenvalue weighted by Crippen LogP contribution is 2.23. The van der Waals surface area contributed by atoms with E-state index < -0.39 is 0 Å². The zero-order chi connectivity index (χ0) is 18.9. The quantitative estimate of drug-likeness (QED) is 0.828. The van der Waals surface area contributed by atoms with Crippen LogP contribution in [0.2, 0.25) is 0 Å². The Hall–Kier alpha value is -2.53. The minimum absolute atomic E-state index is 0.250. The lowest BCUT2D eigenvalue weighted by atomic mass is 10.1. The molecular weight excluding hydrogens is 324 g/mol. The fourth-order valence-corrected chi connectivity index (χ4v) is 3.13. The van der Waals surface area contributed by atoms with Crippen LogP contribution in [0.15, 0.2) is 54.6 Å². The molecule has 2 aromatic carbocycles. The van der Waals surface area contributed by atoms with E-state index in [4.69, 9.17) is 4.79 Å². The Labute approximate surface area is 156 Å². The molecule has 5 nitrogen and oxygen atoms in total. The third kappa shape index (κ3) is 5.49. The normalized spacial score (nSPS) is 18.4. The van der Waals surface area contributed by atoms with Gasteiger partial charge in [-0.3, -0.25) is 4.79 Å². The third-order valence-corrected chi connectivity index (χ3v) is 4.87. The summed E-state index contributed by atoms with van der Waals surface area (Å²) in [4.78, 5) is 13.5. The second-order valence-electron chi connectivity index (χ2n) is 6.74. The molecule has 1 saturated heterocycles. The minimum atomic E-state index is 0.250. The van der Waals surface area contributed by atoms with Crippen LogP contribution in [0.4, 0.5) is 11.4 Å². The minimum Gasteiger partial charge on any atom is -0.379 e. The summed E-state index contributed by atoms with van der Waals surface area (Å²) in [7, 11) is 2.21. The SMILES string of the molecule is CC(Nc1ccc(N2CCN(C)C(C)C2)cc1)c1ccccc1.NC=O. The molecule has 1 aliphatic rings. The summed E-state index contributed by atoms with van der Waals surface area (Å²) in [6.07, 6.45) is 0.250. The van der Waals surface area contributed by atoms with Gasteiger partial charge in [0.2, 0.25) is 6.41 Å². The van der Waals surface area contributed by atoms with Crippen molar-refractivity contribution in [2.75, 3.05) is 36.9 Å². The van der Waals surface area contributed by atoms with Gasteiger partial charge in [-0.1, -0.05) is 30.3 Å². The number of piperazine rings is 1. The summed E-state index contributed by atoms with van der Waals surface area (Å²) in [6.45, 7) is 7.83. The molecule has 1 aliphatic heterocycles. The van der Waals surface area contributed by atoms with Crippen molar-refractivity contribution in [3.8, 4) is 0 Å². The molecule has 0 aromatic heterocycles. The fraction of sp³-hybridized carbons (Fsp3) is 0.381. The molecule has 3 rings (SSSR count). The van der Waals surface area contributed by atoms with Gasteiger partial charge >= 0.3 is 0 Å². The number of anilines is 2. The number of carbonyl (C=O) groups excluding carboxylic acids is 1. The van der Waals surface area contributed by atoms with E-state index in [9.17, 15) is 0 Å². The molecule has 2 atom stereocenters. The number of hydrogen-bond acceptors (Lipinski definition) is 4. The molecule has 140 valence electrons. The van der Waals surface area contributed by atoms with E-state index in [1.165, 1.54) is 16.9 Å². The highest BCUT2D eigenvalue weighted by Gasteiger charge is 2.20. The average Bonchev–Trinajstić information content (AvgIpc) is 2.66. The highest BCUT2D eigenvalue weighted by atomic mass is 16.1. The van der Waals surface area contributed by atoms with Crippen molar-refractivity contribution in [3.05, 3.63) is 60.2 Å². The summed E-state index contributed by atoms with van der Waals surface area (Å²) in [5, 5.41) is 3.58. The molecule has 1 heterocycles. The maximum absolute atomic E-state index is 8.58. The van der Waals surface area contributed by atoms with Crippen molar-refractivity contribution in [1.29, 1.82) is 0 Å². The summed E-state index contributed by atoms with van der Waals surface area (Å²) in [6, 6.07) is 20.3. The van der Waals surface area contributed by atoms with E-state index in [1.54, 1.807) is 0 Å². The standard InChI is InChI=1S/C20H27N3.CH3NO/c1-16-15-23(14-13-22(16)3)20-11-9-19(10-12-20)21-17(2)18-7-5-4-6-8-18;2-1-3/h4-12,16-17,21H,13-15H2,1-3H3;1H,(H2,2,3). The Morgan fingerprint density at radius 1 is 1.12 bits per heavy atom. The number of nitrogens with zero attached hydrogens (tertiary/aromatic N) is 2. The zero-order valence-electron chi connectivity index (χ0n) is 15.9. The van der Waals surface area contributed by atoms with Crippen molar-refractivity contribution in [3.63, 3.8) is 0 Å². The van der Waals surface area contributed by atoms with Gasteiger partial charge in [-0.2, -0.15) is 0 Å². The van der Waals surface area contributed by atoms with Gasteiger partial charge in [0.1, 0.15) is 0 Å². The van der Waals surface area contributed by atoms with E-state index in [2.05, 4.69) is 96.3 Å². The lowest BCUT2D eigenvalue weighted by molar-refractivity contribution is -0.106. The lowest BCUT2D eigenvalue weighted by Crippen LogP contribution is -2.50. The monoisotopic (exact) mass is 354 g/mol. The van der Waals surface area contributed by atoms with Gasteiger partial charge in [0, 0.05) is 43.1 Å². The highest BCUT2D eigenvalue weighted by molar-refractivity contribution is 5.56. The van der Waals surface area contributed by atoms with Crippen LogP contribution in [-0.4, -0.2) is 44.0 Å². The second-order valence-corrected chi connectivity index (χ2v) is 6.74. The average molecular weight is 354 g/mol. The van der Waals surface area contributed by atoms with Crippen molar-refractivity contribution in [2.45, 2.75) is 25.9 Å². The van der Waals surface area contributed by atoms with Crippen molar-refractivity contribution < 1.29 is 4.79 Å². The number of likely N-dealkylation sites (N-methyl/N-ethyl adjacent to an activating group) is 1. The first-order valence-electron chi connectivity index (χ1n) is 9.07. The first-order valence-corrected chi connectivity index (χ1v) is 9.07. The largest absolute Gasteiger partial charge is 0.379 e. The summed E-state index contributed by atoms with van der Waals surface area (Å²) < 4.78 is 0. The number of benzene rings is 2. The van der Waals surface area contributed by atoms with Crippen LogP contribution in [0, 0.1) is 0 Å². The number of carbonyl (C=O) groups is 1. The molecule has 3 N–H and O–H groups in total. The van der Waals surface area contributed by atoms with Crippen molar-refractivity contribution >= 4 is 17.8 Å². The van der Waals surface area contributed by atoms with E-state index in [-0.39, 0.29) is 6.41 Å². The fourth-order valence-electron chi connectivity index (χ4n) is 3.13. The Balaban J connectivity index is 0.000000758. The number of nitrogens with one attached hydrogen (secondary N) is 1. The number of rotatable bonds is 4. The molecule has 2 unspecified atom stereocenters. The van der Waals surface area contributed by atoms with Crippen LogP contribution in [0.5, 0.6) is 0 Å². The molecule has 5 heteroatoms. The number of primary amides is 1. The number of amides is 1. The van der Waals surface area contributed by atoms with E-state index >= 15 is 0 Å². The smallest absolute Gasteiger partial charge is 0.204 e. The summed E-state index contributed by atoms with van der Waals surface area (Å²) >= 11 is 0. The van der Waals surface area contributed by atoms with Gasteiger partial charge in [0.15, 0.2) is 0 Å². The molecule has 1 fully saturated rings. The van der Waals surface area contributed by atoms with Crippen LogP contribution < -0.4 is 16.0 Å². The zero-order valence-corrected chi connectivity index (χ0v) is 15.9. The summed E-state index contributed by atoms with van der Waals surface area (Å²) in [5.74, 6) is 0. The molecule has 0 bridgehead atoms. The predicted octanol–water partition coefficient (Wildman–Crippen LogP) is 3.10. The van der Waals surface area contributed by atoms with Gasteiger partial charge in [0.05, 0.1) is 0 Å². The molecular formula is C21H30N4O. The van der Waals surface area contributed by atoms with E-state index in [0.717, 1.165) is 19.6 Å². The Morgan fingerprint density at radius 3 is 2.31 bits per heavy atom. The molecule has 0 saturated carbocycles. The van der Waals surface area contributed by atoms with Gasteiger partial charge < -0.3 is 20.9 Å². The van der Waals surface area contributed by atoms with Crippen LogP contribution in [0.1, 0.15) is 25.5 Å². The first-order chi connectivity index (χ1) is 12.5. The Morgan fingerprint density at radius 2 is 1.73 bits per heavy atom. The second kappa shape index (κ2) is 9.82. The van der Waals surface area contributed by atoms with Crippen LogP contribution in [0.3, 0.4) is 0 Å². The lowest BCUT2D eigenvalue weighted by Gasteiger charge is -2.39. The number of nitrogens with two attached hydrogens (primary N) is 1. The predicted molar refractivity (Wildman–Crippen MR) is 109 cm³/mol. The first kappa shape index (κ1) is 19.8. The molecule has 0 spiro atoms. The number of hydrogen-bond donors (Lipinski definition) is 2. The van der Waals surface area contributed by atoms with Gasteiger partial charge in [-0.15, -0.1) is 0 Å². The maximum atomic E-state index is 8.58. The Kier molecular flexibility index (Phi) is 7.48. The van der Waals surface area contributed by atoms with E-state index in [1.807, 2.05) is 0 Å². The topological polar surface area (TPSA) is 61.6 Å². The molecule has 0 aliphatic carbocycles. The van der Waals surface area contributed by atoms with Crippen LogP contribution >= 0.6 is 0 Å². The van der Waals surface area contributed by atoms with Gasteiger partial charge in [-0.05, 0) is 50.7 Å². The molecule has 0 radical (unpaired) electrons. The summed E-state index contributed by atoms with van der Waals surface area (Å²) in [5.41, 5.74) is 7.97. The van der Waals surface area contributed by atoms with E-state index in [0.29, 0.717) is 12.1 Å². The van der Waals surface area contributed by atoms with Crippen LogP contribution in [-0.2, 0) is 4.79 Å². The van der Waals surface area contributed by atoms with Crippen molar-refractivity contribution in [2.24, 2.45) is 5.73 Å². The van der Waals surface area contributed by atoms with Crippen LogP contribution in [0.25, 0.3) is 0 Å². The molecule has 1 amide bonds. The van der Waals surface area contributed by atoms with Crippen molar-refractivity contribution in [1.82, 2.24) is 4.90 Å².